The van der Waals surface area contributed by atoms with E-state index in [1.54, 1.807) is 47.1 Å². The number of nitrogens with one attached hydrogen (secondary N) is 1. The Kier molecular flexibility index (Phi) is 5.73. The second-order valence-electron chi connectivity index (χ2n) is 6.99. The Bertz CT molecular complexity index is 1260. The van der Waals surface area contributed by atoms with Gasteiger partial charge in [0.1, 0.15) is 12.4 Å². The van der Waals surface area contributed by atoms with Crippen molar-refractivity contribution in [2.45, 2.75) is 20.4 Å². The number of imidazole rings is 1. The summed E-state index contributed by atoms with van der Waals surface area (Å²) in [5, 5.41) is 4.90. The van der Waals surface area contributed by atoms with Crippen LogP contribution in [0.4, 0.5) is 11.4 Å². The van der Waals surface area contributed by atoms with Gasteiger partial charge in [0, 0.05) is 10.4 Å². The summed E-state index contributed by atoms with van der Waals surface area (Å²) >= 11 is 1.62. The number of rotatable bonds is 6. The molecule has 2 heterocycles. The molecule has 0 saturated heterocycles. The number of nitrogens with two attached hydrogens (primary N) is 1. The summed E-state index contributed by atoms with van der Waals surface area (Å²) in [6, 6.07) is 14.8. The molecule has 7 nitrogen and oxygen atoms in total. The van der Waals surface area contributed by atoms with Gasteiger partial charge >= 0.3 is 5.97 Å². The van der Waals surface area contributed by atoms with Crippen molar-refractivity contribution in [3.8, 4) is 10.4 Å². The maximum Gasteiger partial charge on any atom is 0.326 e. The second-order valence-corrected chi connectivity index (χ2v) is 7.93. The standard InChI is InChI=1S/C23H22N4O3S/c1-3-30-22(28)13-27-14(2)25-19-12-16(7-9-20(19)27)23(29)26-18-11-15(6-8-17(18)24)21-5-4-10-31-21/h4-12H,3,13,24H2,1-2H3,(H,26,29). The highest BCUT2D eigenvalue weighted by Crippen LogP contribution is 2.30. The van der Waals surface area contributed by atoms with Crippen molar-refractivity contribution < 1.29 is 14.3 Å². The zero-order valence-corrected chi connectivity index (χ0v) is 18.0. The highest BCUT2D eigenvalue weighted by atomic mass is 32.1. The molecule has 0 unspecified atom stereocenters. The topological polar surface area (TPSA) is 99.2 Å². The number of aryl methyl sites for hydroxylation is 1. The third-order valence-electron chi connectivity index (χ3n) is 4.90. The van der Waals surface area contributed by atoms with Gasteiger partial charge in [0.15, 0.2) is 0 Å². The molecule has 31 heavy (non-hydrogen) atoms. The van der Waals surface area contributed by atoms with Gasteiger partial charge in [0.2, 0.25) is 0 Å². The van der Waals surface area contributed by atoms with E-state index in [0.29, 0.717) is 34.9 Å². The summed E-state index contributed by atoms with van der Waals surface area (Å²) in [7, 11) is 0. The van der Waals surface area contributed by atoms with Crippen molar-refractivity contribution in [2.24, 2.45) is 0 Å². The fourth-order valence-electron chi connectivity index (χ4n) is 3.38. The minimum Gasteiger partial charge on any atom is -0.465 e. The van der Waals surface area contributed by atoms with Gasteiger partial charge in [0.05, 0.1) is 29.0 Å². The van der Waals surface area contributed by atoms with Crippen molar-refractivity contribution in [1.29, 1.82) is 0 Å². The molecule has 0 aliphatic carbocycles. The zero-order valence-electron chi connectivity index (χ0n) is 17.2. The van der Waals surface area contributed by atoms with Crippen LogP contribution in [0.1, 0.15) is 23.1 Å². The highest BCUT2D eigenvalue weighted by Gasteiger charge is 2.15. The van der Waals surface area contributed by atoms with E-state index in [4.69, 9.17) is 10.5 Å². The van der Waals surface area contributed by atoms with Crippen LogP contribution in [0.2, 0.25) is 0 Å². The first-order valence-electron chi connectivity index (χ1n) is 9.83. The summed E-state index contributed by atoms with van der Waals surface area (Å²) in [5.74, 6) is 0.0656. The number of hydrogen-bond donors (Lipinski definition) is 2. The number of fused-ring (bicyclic) bond motifs is 1. The lowest BCUT2D eigenvalue weighted by Crippen LogP contribution is -2.15. The van der Waals surface area contributed by atoms with Crippen molar-refractivity contribution in [1.82, 2.24) is 9.55 Å². The molecule has 0 bridgehead atoms. The maximum absolute atomic E-state index is 12.9. The summed E-state index contributed by atoms with van der Waals surface area (Å²) in [4.78, 5) is 30.4. The van der Waals surface area contributed by atoms with E-state index in [2.05, 4.69) is 10.3 Å². The van der Waals surface area contributed by atoms with Crippen LogP contribution in [0.25, 0.3) is 21.5 Å². The third-order valence-corrected chi connectivity index (χ3v) is 5.82. The van der Waals surface area contributed by atoms with Crippen LogP contribution in [0.5, 0.6) is 0 Å². The number of carbonyl (C=O) groups excluding carboxylic acids is 2. The van der Waals surface area contributed by atoms with Gasteiger partial charge in [-0.25, -0.2) is 4.98 Å². The van der Waals surface area contributed by atoms with Crippen LogP contribution in [0.15, 0.2) is 53.9 Å². The quantitative estimate of drug-likeness (QED) is 0.345. The fraction of sp³-hybridized carbons (Fsp3) is 0.174. The number of anilines is 2. The number of nitrogen functional groups attached to an aromatic ring is 1. The average molecular weight is 435 g/mol. The smallest absolute Gasteiger partial charge is 0.326 e. The first-order chi connectivity index (χ1) is 15.0. The molecule has 8 heteroatoms. The zero-order chi connectivity index (χ0) is 22.0. The molecule has 0 fully saturated rings. The van der Waals surface area contributed by atoms with E-state index >= 15 is 0 Å². The maximum atomic E-state index is 12.9. The Morgan fingerprint density at radius 3 is 2.77 bits per heavy atom. The van der Waals surface area contributed by atoms with E-state index in [-0.39, 0.29) is 18.4 Å². The molecule has 0 atom stereocenters. The molecule has 1 amide bonds. The number of carbonyl (C=O) groups is 2. The number of hydrogen-bond acceptors (Lipinski definition) is 6. The number of esters is 1. The van der Waals surface area contributed by atoms with Crippen LogP contribution in [-0.2, 0) is 16.1 Å². The summed E-state index contributed by atoms with van der Waals surface area (Å²) in [5.41, 5.74) is 9.97. The van der Waals surface area contributed by atoms with Gasteiger partial charge in [-0.15, -0.1) is 11.3 Å². The Hall–Kier alpha value is -3.65. The molecule has 0 radical (unpaired) electrons. The van der Waals surface area contributed by atoms with Crippen LogP contribution in [0.3, 0.4) is 0 Å². The minimum atomic E-state index is -0.326. The van der Waals surface area contributed by atoms with E-state index in [1.165, 1.54) is 0 Å². The first-order valence-corrected chi connectivity index (χ1v) is 10.7. The molecule has 4 aromatic rings. The van der Waals surface area contributed by atoms with Crippen LogP contribution < -0.4 is 11.1 Å². The Morgan fingerprint density at radius 2 is 2.03 bits per heavy atom. The summed E-state index contributed by atoms with van der Waals surface area (Å²) in [6.45, 7) is 3.99. The van der Waals surface area contributed by atoms with Crippen LogP contribution in [0, 0.1) is 6.92 Å². The van der Waals surface area contributed by atoms with Gasteiger partial charge in [-0.1, -0.05) is 12.1 Å². The molecule has 0 aliphatic rings. The van der Waals surface area contributed by atoms with Crippen LogP contribution >= 0.6 is 11.3 Å². The number of benzene rings is 2. The number of aromatic nitrogens is 2. The third kappa shape index (κ3) is 4.29. The number of amides is 1. The Balaban J connectivity index is 1.59. The van der Waals surface area contributed by atoms with Crippen LogP contribution in [-0.4, -0.2) is 28.0 Å². The molecule has 2 aromatic heterocycles. The molecule has 0 spiro atoms. The van der Waals surface area contributed by atoms with Gasteiger partial charge in [-0.2, -0.15) is 0 Å². The van der Waals surface area contributed by atoms with Crippen molar-refractivity contribution in [3.05, 3.63) is 65.3 Å². The summed E-state index contributed by atoms with van der Waals surface area (Å²) in [6.07, 6.45) is 0. The molecule has 3 N–H and O–H groups in total. The molecular weight excluding hydrogens is 412 g/mol. The first kappa shape index (κ1) is 20.6. The SMILES string of the molecule is CCOC(=O)Cn1c(C)nc2cc(C(=O)Nc3cc(-c4cccs4)ccc3N)ccc21. The van der Waals surface area contributed by atoms with E-state index < -0.39 is 0 Å². The number of nitrogens with zero attached hydrogens (tertiary/aromatic N) is 2. The molecular formula is C23H22N4O3S. The van der Waals surface area contributed by atoms with E-state index in [1.807, 2.05) is 36.6 Å². The van der Waals surface area contributed by atoms with Crippen molar-refractivity contribution in [2.75, 3.05) is 17.7 Å². The average Bonchev–Trinajstić information content (AvgIpc) is 3.38. The Labute approximate surface area is 183 Å². The van der Waals surface area contributed by atoms with Gasteiger partial charge in [0.25, 0.3) is 5.91 Å². The van der Waals surface area contributed by atoms with E-state index in [0.717, 1.165) is 16.0 Å². The molecule has 0 aliphatic heterocycles. The predicted molar refractivity (Wildman–Crippen MR) is 123 cm³/mol. The second kappa shape index (κ2) is 8.61. The molecule has 2 aromatic carbocycles. The lowest BCUT2D eigenvalue weighted by Gasteiger charge is -2.10. The largest absolute Gasteiger partial charge is 0.465 e. The minimum absolute atomic E-state index is 0.0771. The highest BCUT2D eigenvalue weighted by molar-refractivity contribution is 7.13. The molecule has 4 rings (SSSR count). The number of thiophene rings is 1. The summed E-state index contributed by atoms with van der Waals surface area (Å²) < 4.78 is 6.81. The fourth-order valence-corrected chi connectivity index (χ4v) is 4.11. The lowest BCUT2D eigenvalue weighted by atomic mass is 10.1. The van der Waals surface area contributed by atoms with Crippen molar-refractivity contribution >= 4 is 45.6 Å². The molecule has 0 saturated carbocycles. The van der Waals surface area contributed by atoms with Gasteiger partial charge in [-0.05, 0) is 61.2 Å². The van der Waals surface area contributed by atoms with E-state index in [9.17, 15) is 9.59 Å². The monoisotopic (exact) mass is 434 g/mol. The Morgan fingerprint density at radius 1 is 1.19 bits per heavy atom. The van der Waals surface area contributed by atoms with Gasteiger partial charge < -0.3 is 20.4 Å². The molecule has 158 valence electrons. The lowest BCUT2D eigenvalue weighted by molar-refractivity contribution is -0.143. The normalized spacial score (nSPS) is 10.9. The van der Waals surface area contributed by atoms with Crippen molar-refractivity contribution in [3.63, 3.8) is 0 Å². The predicted octanol–water partition coefficient (Wildman–Crippen LogP) is 4.47. The van der Waals surface area contributed by atoms with Gasteiger partial charge in [-0.3, -0.25) is 9.59 Å². The number of ether oxygens (including phenoxy) is 1.